The second-order valence-electron chi connectivity index (χ2n) is 2.59. The molecule has 0 unspecified atom stereocenters. The fourth-order valence-corrected chi connectivity index (χ4v) is 1.26. The van der Waals surface area contributed by atoms with Gasteiger partial charge in [-0.2, -0.15) is 0 Å². The van der Waals surface area contributed by atoms with Crippen molar-refractivity contribution in [1.82, 2.24) is 19.9 Å². The van der Waals surface area contributed by atoms with Crippen molar-refractivity contribution < 1.29 is 0 Å². The van der Waals surface area contributed by atoms with Gasteiger partial charge < -0.3 is 4.98 Å². The molecule has 70 valence electrons. The number of aromatic amines is 2. The summed E-state index contributed by atoms with van der Waals surface area (Å²) in [5.41, 5.74) is 0.894. The lowest BCUT2D eigenvalue weighted by Gasteiger charge is -1.97. The van der Waals surface area contributed by atoms with Crippen LogP contribution < -0.4 is 5.56 Å². The standard InChI is InChI=1S/C8H6N4OS/c13-7-3-5(11-8(14)12-7)6-4-9-1-2-10-6/h1-4H,(H2,11,12,13,14). The lowest BCUT2D eigenvalue weighted by molar-refractivity contribution is 1.07. The zero-order chi connectivity index (χ0) is 9.97. The predicted molar refractivity (Wildman–Crippen MR) is 53.3 cm³/mol. The van der Waals surface area contributed by atoms with Crippen molar-refractivity contribution in [2.24, 2.45) is 0 Å². The molecule has 0 amide bonds. The first-order chi connectivity index (χ1) is 6.75. The first-order valence-electron chi connectivity index (χ1n) is 3.86. The molecular formula is C8H6N4OS. The van der Waals surface area contributed by atoms with Crippen LogP contribution in [0.2, 0.25) is 0 Å². The summed E-state index contributed by atoms with van der Waals surface area (Å²) in [7, 11) is 0. The molecule has 0 aliphatic rings. The van der Waals surface area contributed by atoms with E-state index in [2.05, 4.69) is 19.9 Å². The Kier molecular flexibility index (Phi) is 2.19. The molecular weight excluding hydrogens is 200 g/mol. The Morgan fingerprint density at radius 2 is 2.14 bits per heavy atom. The molecule has 0 radical (unpaired) electrons. The van der Waals surface area contributed by atoms with Crippen molar-refractivity contribution in [3.8, 4) is 11.4 Å². The molecule has 0 aliphatic carbocycles. The molecule has 0 fully saturated rings. The van der Waals surface area contributed by atoms with E-state index >= 15 is 0 Å². The minimum absolute atomic E-state index is 0.255. The minimum atomic E-state index is -0.255. The Balaban J connectivity index is 2.64. The SMILES string of the molecule is O=c1cc(-c2cnccn2)[nH]c(=S)[nH]1. The van der Waals surface area contributed by atoms with Gasteiger partial charge in [0.1, 0.15) is 5.69 Å². The third kappa shape index (κ3) is 1.74. The van der Waals surface area contributed by atoms with Gasteiger partial charge in [0.15, 0.2) is 4.77 Å². The number of rotatable bonds is 1. The number of nitrogens with zero attached hydrogens (tertiary/aromatic N) is 2. The number of hydrogen-bond donors (Lipinski definition) is 2. The molecule has 14 heavy (non-hydrogen) atoms. The van der Waals surface area contributed by atoms with Gasteiger partial charge in [-0.05, 0) is 12.2 Å². The molecule has 0 aromatic carbocycles. The average molecular weight is 206 g/mol. The van der Waals surface area contributed by atoms with Gasteiger partial charge >= 0.3 is 0 Å². The summed E-state index contributed by atoms with van der Waals surface area (Å²) in [6, 6.07) is 1.39. The van der Waals surface area contributed by atoms with E-state index in [0.29, 0.717) is 11.4 Å². The van der Waals surface area contributed by atoms with Gasteiger partial charge in [0.25, 0.3) is 5.56 Å². The zero-order valence-electron chi connectivity index (χ0n) is 7.02. The van der Waals surface area contributed by atoms with E-state index in [4.69, 9.17) is 12.2 Å². The van der Waals surface area contributed by atoms with Crippen molar-refractivity contribution in [1.29, 1.82) is 0 Å². The van der Waals surface area contributed by atoms with E-state index in [1.54, 1.807) is 18.6 Å². The smallest absolute Gasteiger partial charge is 0.252 e. The molecule has 2 rings (SSSR count). The summed E-state index contributed by atoms with van der Waals surface area (Å²) in [4.78, 5) is 24.3. The van der Waals surface area contributed by atoms with Crippen molar-refractivity contribution in [2.45, 2.75) is 0 Å². The number of nitrogens with one attached hydrogen (secondary N) is 2. The Bertz CT molecular complexity index is 517. The maximum Gasteiger partial charge on any atom is 0.252 e. The number of aromatic nitrogens is 4. The maximum atomic E-state index is 11.1. The molecule has 0 spiro atoms. The van der Waals surface area contributed by atoms with Crippen LogP contribution in [0, 0.1) is 4.77 Å². The Hall–Kier alpha value is -1.82. The van der Waals surface area contributed by atoms with Crippen molar-refractivity contribution in [3.63, 3.8) is 0 Å². The van der Waals surface area contributed by atoms with Crippen molar-refractivity contribution >= 4 is 12.2 Å². The first-order valence-corrected chi connectivity index (χ1v) is 4.26. The Morgan fingerprint density at radius 1 is 1.29 bits per heavy atom. The summed E-state index contributed by atoms with van der Waals surface area (Å²) in [5, 5.41) is 0. The third-order valence-electron chi connectivity index (χ3n) is 1.60. The summed E-state index contributed by atoms with van der Waals surface area (Å²) in [6.07, 6.45) is 4.67. The monoisotopic (exact) mass is 206 g/mol. The molecule has 0 atom stereocenters. The quantitative estimate of drug-likeness (QED) is 0.679. The predicted octanol–water partition coefficient (Wildman–Crippen LogP) is 0.889. The van der Waals surface area contributed by atoms with E-state index in [9.17, 15) is 4.79 Å². The number of hydrogen-bond acceptors (Lipinski definition) is 4. The summed E-state index contributed by atoms with van der Waals surface area (Å²) >= 11 is 4.83. The van der Waals surface area contributed by atoms with Gasteiger partial charge in [0.2, 0.25) is 0 Å². The van der Waals surface area contributed by atoms with Gasteiger partial charge in [-0.25, -0.2) is 0 Å². The van der Waals surface area contributed by atoms with E-state index < -0.39 is 0 Å². The fraction of sp³-hybridized carbons (Fsp3) is 0. The normalized spacial score (nSPS) is 10.0. The van der Waals surface area contributed by atoms with Crippen LogP contribution in [0.5, 0.6) is 0 Å². The molecule has 0 saturated carbocycles. The highest BCUT2D eigenvalue weighted by molar-refractivity contribution is 7.71. The van der Waals surface area contributed by atoms with Gasteiger partial charge in [-0.1, -0.05) is 0 Å². The molecule has 2 N–H and O–H groups in total. The van der Waals surface area contributed by atoms with Crippen LogP contribution in [0.4, 0.5) is 0 Å². The largest absolute Gasteiger partial charge is 0.330 e. The van der Waals surface area contributed by atoms with Crippen LogP contribution in [0.1, 0.15) is 0 Å². The second-order valence-corrected chi connectivity index (χ2v) is 3.00. The lowest BCUT2D eigenvalue weighted by Crippen LogP contribution is -2.06. The van der Waals surface area contributed by atoms with E-state index in [1.807, 2.05) is 0 Å². The van der Waals surface area contributed by atoms with Crippen LogP contribution in [-0.4, -0.2) is 19.9 Å². The van der Waals surface area contributed by atoms with E-state index in [-0.39, 0.29) is 10.3 Å². The van der Waals surface area contributed by atoms with Gasteiger partial charge in [0, 0.05) is 18.5 Å². The van der Waals surface area contributed by atoms with Crippen LogP contribution in [0.15, 0.2) is 29.5 Å². The average Bonchev–Trinajstić information content (AvgIpc) is 2.18. The molecule has 5 nitrogen and oxygen atoms in total. The van der Waals surface area contributed by atoms with Crippen LogP contribution in [0.3, 0.4) is 0 Å². The summed E-state index contributed by atoms with van der Waals surface area (Å²) in [5.74, 6) is 0. The van der Waals surface area contributed by atoms with Crippen molar-refractivity contribution in [2.75, 3.05) is 0 Å². The minimum Gasteiger partial charge on any atom is -0.330 e. The Labute approximate surface area is 83.9 Å². The van der Waals surface area contributed by atoms with Gasteiger partial charge in [0.05, 0.1) is 11.9 Å². The topological polar surface area (TPSA) is 74.4 Å². The second kappa shape index (κ2) is 3.51. The highest BCUT2D eigenvalue weighted by Crippen LogP contribution is 2.07. The van der Waals surface area contributed by atoms with Crippen molar-refractivity contribution in [3.05, 3.63) is 39.8 Å². The fourth-order valence-electron chi connectivity index (χ4n) is 1.04. The number of H-pyrrole nitrogens is 2. The zero-order valence-corrected chi connectivity index (χ0v) is 7.84. The van der Waals surface area contributed by atoms with Gasteiger partial charge in [-0.3, -0.25) is 19.7 Å². The lowest BCUT2D eigenvalue weighted by atomic mass is 10.3. The van der Waals surface area contributed by atoms with Crippen LogP contribution in [0.25, 0.3) is 11.4 Å². The molecule has 6 heteroatoms. The molecule has 2 aromatic rings. The molecule has 2 heterocycles. The highest BCUT2D eigenvalue weighted by atomic mass is 32.1. The van der Waals surface area contributed by atoms with Crippen LogP contribution in [-0.2, 0) is 0 Å². The maximum absolute atomic E-state index is 11.1. The van der Waals surface area contributed by atoms with E-state index in [1.165, 1.54) is 6.07 Å². The highest BCUT2D eigenvalue weighted by Gasteiger charge is 1.99. The molecule has 0 saturated heterocycles. The third-order valence-corrected chi connectivity index (χ3v) is 1.80. The molecule has 2 aromatic heterocycles. The summed E-state index contributed by atoms with van der Waals surface area (Å²) < 4.78 is 0.276. The summed E-state index contributed by atoms with van der Waals surface area (Å²) in [6.45, 7) is 0. The molecule has 0 aliphatic heterocycles. The first kappa shape index (κ1) is 8.76. The molecule has 0 bridgehead atoms. The van der Waals surface area contributed by atoms with E-state index in [0.717, 1.165) is 0 Å². The van der Waals surface area contributed by atoms with Crippen LogP contribution >= 0.6 is 12.2 Å². The Morgan fingerprint density at radius 3 is 2.79 bits per heavy atom. The van der Waals surface area contributed by atoms with Gasteiger partial charge in [-0.15, -0.1) is 0 Å².